The summed E-state index contributed by atoms with van der Waals surface area (Å²) in [5.41, 5.74) is 1.53. The van der Waals surface area contributed by atoms with Crippen LogP contribution in [0.3, 0.4) is 0 Å². The number of aliphatic hydroxyl groups is 1. The van der Waals surface area contributed by atoms with Crippen LogP contribution < -0.4 is 4.90 Å². The van der Waals surface area contributed by atoms with Gasteiger partial charge in [0.1, 0.15) is 6.54 Å². The van der Waals surface area contributed by atoms with Crippen LogP contribution in [0.15, 0.2) is 18.3 Å². The number of β-amino-alcohol motifs (C(OH)–C–C–N with tert-alkyl or cyclic N) is 1. The highest BCUT2D eigenvalue weighted by Crippen LogP contribution is 2.27. The number of piperidine rings is 1. The molecule has 8 nitrogen and oxygen atoms in total. The van der Waals surface area contributed by atoms with Crippen LogP contribution >= 0.6 is 0 Å². The number of carbonyl (C=O) groups excluding carboxylic acids is 1. The average Bonchev–Trinajstić information content (AvgIpc) is 3.32. The molecule has 1 amide bonds. The van der Waals surface area contributed by atoms with E-state index in [1.54, 1.807) is 0 Å². The molecule has 0 aliphatic carbocycles. The highest BCUT2D eigenvalue weighted by molar-refractivity contribution is 5.76. The quantitative estimate of drug-likeness (QED) is 0.792. The maximum absolute atomic E-state index is 12.8. The number of nitrogens with zero attached hydrogens (tertiary/aromatic N) is 6. The standard InChI is InChI=1S/C23H36N6O2/c1-16(2)20-13-19-12-18(26(5)22(30)14-29(19)24-20)11-17(3)28-10-7-21(25-28)27-9-6-8-23(4,31)15-27/h7,10,13,16-18,31H,6,8-9,11-12,14-15H2,1-5H3/t17?,18?,23-/m0/s1. The van der Waals surface area contributed by atoms with Crippen LogP contribution in [0, 0.1) is 0 Å². The van der Waals surface area contributed by atoms with Crippen LogP contribution in [0.4, 0.5) is 5.82 Å². The van der Waals surface area contributed by atoms with Crippen molar-refractivity contribution in [2.75, 3.05) is 25.0 Å². The Morgan fingerprint density at radius 1 is 1.29 bits per heavy atom. The Balaban J connectivity index is 1.47. The molecule has 0 aromatic carbocycles. The van der Waals surface area contributed by atoms with E-state index in [2.05, 4.69) is 36.8 Å². The lowest BCUT2D eigenvalue weighted by atomic mass is 9.95. The Bertz CT molecular complexity index is 930. The van der Waals surface area contributed by atoms with Gasteiger partial charge in [-0.1, -0.05) is 13.8 Å². The molecule has 2 unspecified atom stereocenters. The van der Waals surface area contributed by atoms with Gasteiger partial charge in [0.05, 0.1) is 17.3 Å². The molecular formula is C23H36N6O2. The molecule has 2 aromatic heterocycles. The molecule has 0 radical (unpaired) electrons. The van der Waals surface area contributed by atoms with Crippen molar-refractivity contribution in [2.45, 2.75) is 83.5 Å². The number of hydrogen-bond acceptors (Lipinski definition) is 5. The lowest BCUT2D eigenvalue weighted by molar-refractivity contribution is -0.132. The molecule has 31 heavy (non-hydrogen) atoms. The van der Waals surface area contributed by atoms with Gasteiger partial charge in [-0.05, 0) is 45.1 Å². The summed E-state index contributed by atoms with van der Waals surface area (Å²) in [6.45, 7) is 10.2. The van der Waals surface area contributed by atoms with Crippen molar-refractivity contribution in [3.63, 3.8) is 0 Å². The molecule has 3 atom stereocenters. The van der Waals surface area contributed by atoms with Gasteiger partial charge in [-0.3, -0.25) is 14.2 Å². The second-order valence-corrected chi connectivity index (χ2v) is 10.00. The van der Waals surface area contributed by atoms with Crippen molar-refractivity contribution >= 4 is 11.7 Å². The molecular weight excluding hydrogens is 392 g/mol. The summed E-state index contributed by atoms with van der Waals surface area (Å²) in [4.78, 5) is 16.8. The van der Waals surface area contributed by atoms with E-state index in [1.807, 2.05) is 40.5 Å². The Morgan fingerprint density at radius 3 is 2.77 bits per heavy atom. The Morgan fingerprint density at radius 2 is 2.06 bits per heavy atom. The van der Waals surface area contributed by atoms with Crippen LogP contribution in [0.2, 0.25) is 0 Å². The lowest BCUT2D eigenvalue weighted by Gasteiger charge is -2.37. The van der Waals surface area contributed by atoms with E-state index in [0.717, 1.165) is 49.4 Å². The molecule has 1 saturated heterocycles. The van der Waals surface area contributed by atoms with E-state index >= 15 is 0 Å². The molecule has 2 aliphatic rings. The van der Waals surface area contributed by atoms with Crippen molar-refractivity contribution in [1.29, 1.82) is 0 Å². The summed E-state index contributed by atoms with van der Waals surface area (Å²) in [5, 5.41) is 19.9. The molecule has 4 rings (SSSR count). The number of anilines is 1. The Kier molecular flexibility index (Phi) is 5.85. The second kappa shape index (κ2) is 8.30. The topological polar surface area (TPSA) is 79.4 Å². The zero-order valence-corrected chi connectivity index (χ0v) is 19.5. The monoisotopic (exact) mass is 428 g/mol. The van der Waals surface area contributed by atoms with Gasteiger partial charge in [0.25, 0.3) is 0 Å². The van der Waals surface area contributed by atoms with Crippen molar-refractivity contribution in [1.82, 2.24) is 24.5 Å². The normalized spacial score (nSPS) is 25.6. The number of hydrogen-bond donors (Lipinski definition) is 1. The average molecular weight is 429 g/mol. The van der Waals surface area contributed by atoms with E-state index in [9.17, 15) is 9.90 Å². The third-order valence-electron chi connectivity index (χ3n) is 6.80. The van der Waals surface area contributed by atoms with Gasteiger partial charge in [0.2, 0.25) is 5.91 Å². The van der Waals surface area contributed by atoms with E-state index < -0.39 is 5.60 Å². The minimum Gasteiger partial charge on any atom is -0.388 e. The fourth-order valence-electron chi connectivity index (χ4n) is 4.78. The molecule has 8 heteroatoms. The van der Waals surface area contributed by atoms with Gasteiger partial charge < -0.3 is 14.9 Å². The van der Waals surface area contributed by atoms with Gasteiger partial charge in [0.15, 0.2) is 5.82 Å². The summed E-state index contributed by atoms with van der Waals surface area (Å²) in [6.07, 6.45) is 5.44. The summed E-state index contributed by atoms with van der Waals surface area (Å²) >= 11 is 0. The first-order valence-electron chi connectivity index (χ1n) is 11.5. The molecule has 2 aliphatic heterocycles. The Labute approximate surface area is 184 Å². The number of amides is 1. The van der Waals surface area contributed by atoms with Gasteiger partial charge in [-0.15, -0.1) is 0 Å². The molecule has 0 bridgehead atoms. The molecule has 4 heterocycles. The van der Waals surface area contributed by atoms with E-state index in [4.69, 9.17) is 5.10 Å². The molecule has 170 valence electrons. The highest BCUT2D eigenvalue weighted by Gasteiger charge is 2.31. The number of aromatic nitrogens is 4. The largest absolute Gasteiger partial charge is 0.388 e. The van der Waals surface area contributed by atoms with E-state index in [1.165, 1.54) is 0 Å². The van der Waals surface area contributed by atoms with Crippen LogP contribution in [-0.4, -0.2) is 67.3 Å². The number of fused-ring (bicyclic) bond motifs is 1. The third-order valence-corrected chi connectivity index (χ3v) is 6.80. The smallest absolute Gasteiger partial charge is 0.244 e. The zero-order valence-electron chi connectivity index (χ0n) is 19.5. The molecule has 1 N–H and O–H groups in total. The van der Waals surface area contributed by atoms with Crippen molar-refractivity contribution in [2.24, 2.45) is 0 Å². The highest BCUT2D eigenvalue weighted by atomic mass is 16.3. The lowest BCUT2D eigenvalue weighted by Crippen LogP contribution is -2.46. The van der Waals surface area contributed by atoms with Gasteiger partial charge >= 0.3 is 0 Å². The summed E-state index contributed by atoms with van der Waals surface area (Å²) in [7, 11) is 1.90. The second-order valence-electron chi connectivity index (χ2n) is 10.00. The van der Waals surface area contributed by atoms with Gasteiger partial charge in [-0.25, -0.2) is 0 Å². The van der Waals surface area contributed by atoms with Crippen molar-refractivity contribution in [3.05, 3.63) is 29.7 Å². The van der Waals surface area contributed by atoms with Crippen molar-refractivity contribution < 1.29 is 9.90 Å². The molecule has 0 saturated carbocycles. The fraction of sp³-hybridized carbons (Fsp3) is 0.696. The van der Waals surface area contributed by atoms with Crippen LogP contribution in [0.5, 0.6) is 0 Å². The summed E-state index contributed by atoms with van der Waals surface area (Å²) in [5.74, 6) is 1.37. The predicted molar refractivity (Wildman–Crippen MR) is 120 cm³/mol. The number of rotatable bonds is 5. The van der Waals surface area contributed by atoms with Crippen LogP contribution in [-0.2, 0) is 17.8 Å². The van der Waals surface area contributed by atoms with Gasteiger partial charge in [-0.2, -0.15) is 10.2 Å². The SMILES string of the molecule is CC(C)c1cc2n(n1)CC(=O)N(C)C(CC(C)n1ccc(N3CCC[C@](C)(O)C3)n1)C2. The maximum Gasteiger partial charge on any atom is 0.244 e. The minimum atomic E-state index is -0.658. The maximum atomic E-state index is 12.8. The van der Waals surface area contributed by atoms with E-state index in [0.29, 0.717) is 19.0 Å². The molecule has 1 fully saturated rings. The first kappa shape index (κ1) is 21.9. The third kappa shape index (κ3) is 4.63. The van der Waals surface area contributed by atoms with Gasteiger partial charge in [0, 0.05) is 50.6 Å². The minimum absolute atomic E-state index is 0.101. The zero-order chi connectivity index (χ0) is 22.3. The first-order chi connectivity index (χ1) is 14.6. The number of likely N-dealkylation sites (N-methyl/N-ethyl adjacent to an activating group) is 1. The molecule has 0 spiro atoms. The fourth-order valence-corrected chi connectivity index (χ4v) is 4.78. The van der Waals surface area contributed by atoms with E-state index in [-0.39, 0.29) is 18.0 Å². The van der Waals surface area contributed by atoms with Crippen LogP contribution in [0.25, 0.3) is 0 Å². The summed E-state index contributed by atoms with van der Waals surface area (Å²) in [6, 6.07) is 4.44. The summed E-state index contributed by atoms with van der Waals surface area (Å²) < 4.78 is 3.88. The van der Waals surface area contributed by atoms with Crippen molar-refractivity contribution in [3.8, 4) is 0 Å². The predicted octanol–water partition coefficient (Wildman–Crippen LogP) is 2.59. The first-order valence-corrected chi connectivity index (χ1v) is 11.5. The van der Waals surface area contributed by atoms with Crippen LogP contribution in [0.1, 0.15) is 70.3 Å². The Hall–Kier alpha value is -2.35. The molecule has 2 aromatic rings. The number of carbonyl (C=O) groups is 1.